The molecule has 0 saturated carbocycles. The molecule has 1 aromatic carbocycles. The minimum Gasteiger partial charge on any atom is -0.504 e. The largest absolute Gasteiger partial charge is 0.504 e. The van der Waals surface area contributed by atoms with Crippen LogP contribution in [0.15, 0.2) is 18.2 Å². The van der Waals surface area contributed by atoms with Gasteiger partial charge in [0.2, 0.25) is 5.91 Å². The zero-order valence-corrected chi connectivity index (χ0v) is 10.5. The van der Waals surface area contributed by atoms with Crippen molar-refractivity contribution in [3.8, 4) is 11.5 Å². The normalized spacial score (nSPS) is 10.6. The van der Waals surface area contributed by atoms with Crippen LogP contribution >= 0.6 is 0 Å². The molecule has 0 unspecified atom stereocenters. The third kappa shape index (κ3) is 2.12. The van der Waals surface area contributed by atoms with E-state index in [0.717, 1.165) is 4.57 Å². The van der Waals surface area contributed by atoms with Crippen molar-refractivity contribution >= 4 is 22.8 Å². The molecule has 0 aliphatic rings. The van der Waals surface area contributed by atoms with Gasteiger partial charge in [0.05, 0.1) is 12.1 Å². The highest BCUT2D eigenvalue weighted by Crippen LogP contribution is 2.32. The van der Waals surface area contributed by atoms with Gasteiger partial charge in [-0.3, -0.25) is 9.36 Å². The van der Waals surface area contributed by atoms with Crippen molar-refractivity contribution < 1.29 is 24.5 Å². The summed E-state index contributed by atoms with van der Waals surface area (Å²) in [5.41, 5.74) is 0.403. The van der Waals surface area contributed by atoms with Gasteiger partial charge >= 0.3 is 5.97 Å². The van der Waals surface area contributed by atoms with Gasteiger partial charge in [-0.05, 0) is 19.1 Å². The van der Waals surface area contributed by atoms with Crippen molar-refractivity contribution in [1.29, 1.82) is 0 Å². The Kier molecular flexibility index (Phi) is 3.16. The van der Waals surface area contributed by atoms with Crippen LogP contribution in [0.2, 0.25) is 0 Å². The number of carbonyl (C=O) groups excluding carboxylic acids is 2. The molecule has 0 amide bonds. The van der Waals surface area contributed by atoms with Crippen LogP contribution in [0.25, 0.3) is 10.9 Å². The zero-order valence-electron chi connectivity index (χ0n) is 10.5. The summed E-state index contributed by atoms with van der Waals surface area (Å²) in [6.07, 6.45) is 0. The molecule has 0 aliphatic carbocycles. The minimum atomic E-state index is -0.632. The van der Waals surface area contributed by atoms with Crippen molar-refractivity contribution in [2.75, 3.05) is 6.61 Å². The average molecular weight is 263 g/mol. The molecule has 0 aliphatic heterocycles. The van der Waals surface area contributed by atoms with Crippen molar-refractivity contribution in [1.82, 2.24) is 4.57 Å². The van der Waals surface area contributed by atoms with Gasteiger partial charge in [0, 0.05) is 18.4 Å². The van der Waals surface area contributed by atoms with E-state index in [1.54, 1.807) is 6.92 Å². The molecular formula is C13H13NO5. The first-order chi connectivity index (χ1) is 8.95. The number of nitrogens with zero attached hydrogens (tertiary/aromatic N) is 1. The lowest BCUT2D eigenvalue weighted by Crippen LogP contribution is -2.16. The van der Waals surface area contributed by atoms with E-state index in [-0.39, 0.29) is 29.7 Å². The van der Waals surface area contributed by atoms with Crippen molar-refractivity contribution in [2.24, 2.45) is 0 Å². The second kappa shape index (κ2) is 4.64. The van der Waals surface area contributed by atoms with Crippen LogP contribution < -0.4 is 0 Å². The maximum atomic E-state index is 11.8. The van der Waals surface area contributed by atoms with Gasteiger partial charge < -0.3 is 14.9 Å². The lowest BCUT2D eigenvalue weighted by atomic mass is 10.2. The fourth-order valence-corrected chi connectivity index (χ4v) is 1.93. The molecule has 2 aromatic rings. The summed E-state index contributed by atoms with van der Waals surface area (Å²) >= 11 is 0. The topological polar surface area (TPSA) is 88.8 Å². The average Bonchev–Trinajstić information content (AvgIpc) is 2.68. The number of phenols is 2. The maximum absolute atomic E-state index is 11.8. The molecule has 2 rings (SSSR count). The Morgan fingerprint density at radius 3 is 2.42 bits per heavy atom. The van der Waals surface area contributed by atoms with Crippen LogP contribution in [-0.2, 0) is 4.74 Å². The molecule has 1 aromatic heterocycles. The Morgan fingerprint density at radius 2 is 1.84 bits per heavy atom. The summed E-state index contributed by atoms with van der Waals surface area (Å²) in [6, 6.07) is 3.95. The first-order valence-corrected chi connectivity index (χ1v) is 5.71. The Balaban J connectivity index is 2.74. The standard InChI is InChI=1S/C13H13NO5/c1-3-19-13(18)10-4-8-5-11(16)12(17)6-9(8)14(10)7(2)15/h4-6,16-17H,3H2,1-2H3. The van der Waals surface area contributed by atoms with Gasteiger partial charge in [-0.2, -0.15) is 0 Å². The predicted molar refractivity (Wildman–Crippen MR) is 67.5 cm³/mol. The summed E-state index contributed by atoms with van der Waals surface area (Å²) in [5, 5.41) is 19.4. The number of aromatic hydroxyl groups is 2. The maximum Gasteiger partial charge on any atom is 0.355 e. The van der Waals surface area contributed by atoms with Crippen LogP contribution in [0.3, 0.4) is 0 Å². The van der Waals surface area contributed by atoms with Gasteiger partial charge in [-0.1, -0.05) is 0 Å². The molecule has 2 N–H and O–H groups in total. The third-order valence-electron chi connectivity index (χ3n) is 2.70. The number of hydrogen-bond acceptors (Lipinski definition) is 5. The number of benzene rings is 1. The molecule has 0 radical (unpaired) electrons. The summed E-state index contributed by atoms with van der Waals surface area (Å²) in [6.45, 7) is 3.15. The number of phenolic OH excluding ortho intramolecular Hbond substituents is 2. The first-order valence-electron chi connectivity index (χ1n) is 5.71. The third-order valence-corrected chi connectivity index (χ3v) is 2.70. The number of rotatable bonds is 2. The Morgan fingerprint density at radius 1 is 1.21 bits per heavy atom. The molecule has 0 atom stereocenters. The lowest BCUT2D eigenvalue weighted by Gasteiger charge is -2.06. The monoisotopic (exact) mass is 263 g/mol. The van der Waals surface area contributed by atoms with Crippen molar-refractivity contribution in [3.05, 3.63) is 23.9 Å². The fourth-order valence-electron chi connectivity index (χ4n) is 1.93. The van der Waals surface area contributed by atoms with E-state index in [2.05, 4.69) is 0 Å². The lowest BCUT2D eigenvalue weighted by molar-refractivity contribution is 0.0510. The number of aromatic nitrogens is 1. The van der Waals surface area contributed by atoms with Gasteiger partial charge in [0.1, 0.15) is 5.69 Å². The van der Waals surface area contributed by atoms with Crippen LogP contribution in [0.1, 0.15) is 29.1 Å². The van der Waals surface area contributed by atoms with Crippen molar-refractivity contribution in [2.45, 2.75) is 13.8 Å². The van der Waals surface area contributed by atoms with Gasteiger partial charge in [-0.25, -0.2) is 4.79 Å². The Bertz CT molecular complexity index is 671. The Labute approximate surface area is 108 Å². The van der Waals surface area contributed by atoms with Crippen LogP contribution in [0, 0.1) is 0 Å². The van der Waals surface area contributed by atoms with E-state index in [9.17, 15) is 19.8 Å². The smallest absolute Gasteiger partial charge is 0.355 e. The van der Waals surface area contributed by atoms with Crippen LogP contribution in [-0.4, -0.2) is 33.3 Å². The number of fused-ring (bicyclic) bond motifs is 1. The van der Waals surface area contributed by atoms with E-state index >= 15 is 0 Å². The summed E-state index contributed by atoms with van der Waals surface area (Å²) in [7, 11) is 0. The van der Waals surface area contributed by atoms with Crippen LogP contribution in [0.4, 0.5) is 0 Å². The molecule has 0 fully saturated rings. The summed E-state index contributed by atoms with van der Waals surface area (Å²) in [4.78, 5) is 23.4. The van der Waals surface area contributed by atoms with E-state index in [1.165, 1.54) is 25.1 Å². The van der Waals surface area contributed by atoms with Gasteiger partial charge in [-0.15, -0.1) is 0 Å². The molecule has 1 heterocycles. The molecule has 0 bridgehead atoms. The first kappa shape index (κ1) is 12.9. The zero-order chi connectivity index (χ0) is 14.2. The fraction of sp³-hybridized carbons (Fsp3) is 0.231. The van der Waals surface area contributed by atoms with E-state index in [0.29, 0.717) is 10.9 Å². The van der Waals surface area contributed by atoms with Crippen LogP contribution in [0.5, 0.6) is 11.5 Å². The summed E-state index contributed by atoms with van der Waals surface area (Å²) in [5.74, 6) is -1.69. The number of carbonyl (C=O) groups is 2. The van der Waals surface area contributed by atoms with Gasteiger partial charge in [0.25, 0.3) is 0 Å². The van der Waals surface area contributed by atoms with E-state index in [4.69, 9.17) is 4.74 Å². The Hall–Kier alpha value is -2.50. The molecule has 100 valence electrons. The quantitative estimate of drug-likeness (QED) is 0.638. The summed E-state index contributed by atoms with van der Waals surface area (Å²) < 4.78 is 6.02. The SMILES string of the molecule is CCOC(=O)c1cc2cc(O)c(O)cc2n1C(C)=O. The number of esters is 1. The van der Waals surface area contributed by atoms with E-state index < -0.39 is 5.97 Å². The molecule has 19 heavy (non-hydrogen) atoms. The van der Waals surface area contributed by atoms with Crippen molar-refractivity contribution in [3.63, 3.8) is 0 Å². The second-order valence-corrected chi connectivity index (χ2v) is 4.00. The van der Waals surface area contributed by atoms with Gasteiger partial charge in [0.15, 0.2) is 11.5 Å². The highest BCUT2D eigenvalue weighted by molar-refractivity contribution is 6.03. The second-order valence-electron chi connectivity index (χ2n) is 4.00. The predicted octanol–water partition coefficient (Wildman–Crippen LogP) is 1.89. The highest BCUT2D eigenvalue weighted by Gasteiger charge is 2.20. The number of hydrogen-bond donors (Lipinski definition) is 2. The highest BCUT2D eigenvalue weighted by atomic mass is 16.5. The molecule has 0 spiro atoms. The molecule has 6 heteroatoms. The molecule has 6 nitrogen and oxygen atoms in total. The molecular weight excluding hydrogens is 250 g/mol. The molecule has 0 saturated heterocycles. The number of ether oxygens (including phenoxy) is 1. The minimum absolute atomic E-state index is 0.0642. The van der Waals surface area contributed by atoms with E-state index in [1.807, 2.05) is 0 Å².